The number of hydrogen-bond acceptors (Lipinski definition) is 2. The highest BCUT2D eigenvalue weighted by Gasteiger charge is 2.37. The van der Waals surface area contributed by atoms with Crippen molar-refractivity contribution in [3.8, 4) is 0 Å². The predicted molar refractivity (Wildman–Crippen MR) is 119 cm³/mol. The number of fused-ring (bicyclic) bond motifs is 3. The van der Waals surface area contributed by atoms with Gasteiger partial charge in [0.15, 0.2) is 0 Å². The lowest BCUT2D eigenvalue weighted by atomic mass is 9.71. The minimum atomic E-state index is 0.135. The molecular formula is C25H33N3. The first-order valence-electron chi connectivity index (χ1n) is 10.7. The van der Waals surface area contributed by atoms with E-state index in [1.807, 2.05) is 0 Å². The fourth-order valence-electron chi connectivity index (χ4n) is 4.77. The first-order valence-corrected chi connectivity index (χ1v) is 10.7. The van der Waals surface area contributed by atoms with Crippen molar-refractivity contribution >= 4 is 10.9 Å². The average Bonchev–Trinajstić information content (AvgIpc) is 3.05. The quantitative estimate of drug-likeness (QED) is 0.539. The normalized spacial score (nSPS) is 22.0. The molecule has 28 heavy (non-hydrogen) atoms. The fraction of sp³-hybridized carbons (Fsp3) is 0.440. The number of aromatic amines is 1. The molecule has 0 fully saturated rings. The van der Waals surface area contributed by atoms with Crippen molar-refractivity contribution in [2.45, 2.75) is 51.5 Å². The fourth-order valence-corrected chi connectivity index (χ4v) is 4.77. The number of aromatic nitrogens is 1. The van der Waals surface area contributed by atoms with Crippen LogP contribution in [0.3, 0.4) is 0 Å². The SMILES string of the molecule is Cc1ccc([C@H]2Cc3[nH]c4ccccc4c3[C@@H](CCNCC(C)C)[C@@H]2N)cc1. The molecule has 2 aromatic carbocycles. The number of hydrogen-bond donors (Lipinski definition) is 3. The van der Waals surface area contributed by atoms with E-state index in [-0.39, 0.29) is 6.04 Å². The molecule has 4 rings (SSSR count). The molecule has 0 bridgehead atoms. The number of H-pyrrole nitrogens is 1. The number of nitrogens with two attached hydrogens (primary N) is 1. The van der Waals surface area contributed by atoms with Gasteiger partial charge in [0.1, 0.15) is 0 Å². The van der Waals surface area contributed by atoms with Gasteiger partial charge in [-0.25, -0.2) is 0 Å². The maximum absolute atomic E-state index is 6.96. The molecule has 3 atom stereocenters. The molecule has 4 N–H and O–H groups in total. The van der Waals surface area contributed by atoms with E-state index in [1.54, 1.807) is 0 Å². The van der Waals surface area contributed by atoms with Crippen molar-refractivity contribution in [3.63, 3.8) is 0 Å². The van der Waals surface area contributed by atoms with Gasteiger partial charge in [-0.1, -0.05) is 61.9 Å². The molecule has 3 aromatic rings. The summed E-state index contributed by atoms with van der Waals surface area (Å²) in [6, 6.07) is 17.8. The summed E-state index contributed by atoms with van der Waals surface area (Å²) in [6.07, 6.45) is 2.06. The van der Waals surface area contributed by atoms with E-state index in [1.165, 1.54) is 33.3 Å². The number of para-hydroxylation sites is 1. The maximum atomic E-state index is 6.96. The molecule has 1 aliphatic rings. The van der Waals surface area contributed by atoms with Crippen molar-refractivity contribution in [2.75, 3.05) is 13.1 Å². The summed E-state index contributed by atoms with van der Waals surface area (Å²) in [6.45, 7) is 8.72. The van der Waals surface area contributed by atoms with Gasteiger partial charge in [-0.05, 0) is 56.0 Å². The second-order valence-corrected chi connectivity index (χ2v) is 8.85. The van der Waals surface area contributed by atoms with Crippen molar-refractivity contribution < 1.29 is 0 Å². The second-order valence-electron chi connectivity index (χ2n) is 8.85. The number of nitrogens with one attached hydrogen (secondary N) is 2. The summed E-state index contributed by atoms with van der Waals surface area (Å²) in [5, 5.41) is 4.97. The Bertz CT molecular complexity index is 923. The smallest absolute Gasteiger partial charge is 0.0459 e. The zero-order valence-corrected chi connectivity index (χ0v) is 17.3. The van der Waals surface area contributed by atoms with E-state index in [2.05, 4.69) is 79.6 Å². The lowest BCUT2D eigenvalue weighted by Gasteiger charge is -2.37. The molecule has 3 nitrogen and oxygen atoms in total. The third kappa shape index (κ3) is 3.74. The Hall–Kier alpha value is -2.10. The standard InChI is InChI=1S/C25H33N3/c1-16(2)15-27-13-12-20-24-19-6-4-5-7-22(19)28-23(24)14-21(25(20)26)18-10-8-17(3)9-11-18/h4-11,16,20-21,25,27-28H,12-15,26H2,1-3H3/t20-,21-,25+/m1/s1. The van der Waals surface area contributed by atoms with Crippen LogP contribution in [0.25, 0.3) is 10.9 Å². The van der Waals surface area contributed by atoms with Crippen LogP contribution in [0, 0.1) is 12.8 Å². The Morgan fingerprint density at radius 1 is 1.11 bits per heavy atom. The van der Waals surface area contributed by atoms with Crippen LogP contribution < -0.4 is 11.1 Å². The number of aryl methyl sites for hydroxylation is 1. The largest absolute Gasteiger partial charge is 0.358 e. The van der Waals surface area contributed by atoms with Gasteiger partial charge in [0, 0.05) is 34.5 Å². The summed E-state index contributed by atoms with van der Waals surface area (Å²) in [7, 11) is 0. The lowest BCUT2D eigenvalue weighted by Crippen LogP contribution is -2.41. The lowest BCUT2D eigenvalue weighted by molar-refractivity contribution is 0.389. The van der Waals surface area contributed by atoms with Gasteiger partial charge in [0.2, 0.25) is 0 Å². The van der Waals surface area contributed by atoms with Crippen molar-refractivity contribution in [1.82, 2.24) is 10.3 Å². The van der Waals surface area contributed by atoms with Crippen molar-refractivity contribution in [3.05, 3.63) is 70.9 Å². The monoisotopic (exact) mass is 375 g/mol. The molecule has 3 heteroatoms. The molecule has 0 unspecified atom stereocenters. The Morgan fingerprint density at radius 2 is 1.86 bits per heavy atom. The van der Waals surface area contributed by atoms with Gasteiger partial charge in [-0.2, -0.15) is 0 Å². The number of rotatable bonds is 6. The van der Waals surface area contributed by atoms with E-state index >= 15 is 0 Å². The minimum Gasteiger partial charge on any atom is -0.358 e. The van der Waals surface area contributed by atoms with E-state index in [4.69, 9.17) is 5.73 Å². The van der Waals surface area contributed by atoms with Crippen LogP contribution in [0.15, 0.2) is 48.5 Å². The molecule has 0 amide bonds. The molecule has 0 radical (unpaired) electrons. The summed E-state index contributed by atoms with van der Waals surface area (Å²) in [4.78, 5) is 3.71. The maximum Gasteiger partial charge on any atom is 0.0459 e. The second kappa shape index (κ2) is 8.10. The van der Waals surface area contributed by atoms with Crippen LogP contribution in [0.4, 0.5) is 0 Å². The summed E-state index contributed by atoms with van der Waals surface area (Å²) in [5.41, 5.74) is 13.7. The topological polar surface area (TPSA) is 53.8 Å². The molecule has 1 aromatic heterocycles. The first-order chi connectivity index (χ1) is 13.5. The van der Waals surface area contributed by atoms with Gasteiger partial charge in [0.25, 0.3) is 0 Å². The summed E-state index contributed by atoms with van der Waals surface area (Å²) in [5.74, 6) is 1.39. The van der Waals surface area contributed by atoms with E-state index in [0.717, 1.165) is 25.9 Å². The Labute approximate surface area is 168 Å². The molecule has 0 saturated heterocycles. The van der Waals surface area contributed by atoms with Crippen molar-refractivity contribution in [2.24, 2.45) is 11.7 Å². The molecule has 1 heterocycles. The first kappa shape index (κ1) is 19.2. The van der Waals surface area contributed by atoms with E-state index < -0.39 is 0 Å². The van der Waals surface area contributed by atoms with Crippen LogP contribution in [-0.2, 0) is 6.42 Å². The minimum absolute atomic E-state index is 0.135. The number of benzene rings is 2. The predicted octanol–water partition coefficient (Wildman–Crippen LogP) is 4.86. The van der Waals surface area contributed by atoms with Gasteiger partial charge in [-0.15, -0.1) is 0 Å². The van der Waals surface area contributed by atoms with Crippen LogP contribution in [0.1, 0.15) is 54.5 Å². The van der Waals surface area contributed by atoms with Crippen LogP contribution in [0.2, 0.25) is 0 Å². The third-order valence-corrected chi connectivity index (χ3v) is 6.24. The third-order valence-electron chi connectivity index (χ3n) is 6.24. The van der Waals surface area contributed by atoms with E-state index in [9.17, 15) is 0 Å². The van der Waals surface area contributed by atoms with Crippen LogP contribution in [0.5, 0.6) is 0 Å². The van der Waals surface area contributed by atoms with Crippen LogP contribution >= 0.6 is 0 Å². The van der Waals surface area contributed by atoms with Crippen LogP contribution in [-0.4, -0.2) is 24.1 Å². The van der Waals surface area contributed by atoms with Crippen molar-refractivity contribution in [1.29, 1.82) is 0 Å². The molecule has 1 aliphatic carbocycles. The Balaban J connectivity index is 1.68. The Kier molecular flexibility index (Phi) is 5.56. The zero-order chi connectivity index (χ0) is 19.7. The van der Waals surface area contributed by atoms with Gasteiger partial charge in [0.05, 0.1) is 0 Å². The van der Waals surface area contributed by atoms with Gasteiger partial charge >= 0.3 is 0 Å². The molecular weight excluding hydrogens is 342 g/mol. The highest BCUT2D eigenvalue weighted by Crippen LogP contribution is 2.43. The van der Waals surface area contributed by atoms with Gasteiger partial charge in [-0.3, -0.25) is 0 Å². The molecule has 0 aliphatic heterocycles. The summed E-state index contributed by atoms with van der Waals surface area (Å²) >= 11 is 0. The van der Waals surface area contributed by atoms with E-state index in [0.29, 0.717) is 17.8 Å². The zero-order valence-electron chi connectivity index (χ0n) is 17.3. The highest BCUT2D eigenvalue weighted by atomic mass is 14.9. The summed E-state index contributed by atoms with van der Waals surface area (Å²) < 4.78 is 0. The van der Waals surface area contributed by atoms with Gasteiger partial charge < -0.3 is 16.0 Å². The highest BCUT2D eigenvalue weighted by molar-refractivity contribution is 5.85. The Morgan fingerprint density at radius 3 is 2.61 bits per heavy atom. The molecule has 0 saturated carbocycles. The molecule has 0 spiro atoms. The average molecular weight is 376 g/mol. The molecule has 148 valence electrons.